The average Bonchev–Trinajstić information content (AvgIpc) is 3.00. The molecular weight excluding hydrogens is 522 g/mol. The van der Waals surface area contributed by atoms with E-state index in [0.717, 1.165) is 22.2 Å². The van der Waals surface area contributed by atoms with E-state index in [2.05, 4.69) is 15.9 Å². The summed E-state index contributed by atoms with van der Waals surface area (Å²) in [6, 6.07) is 11.5. The minimum Gasteiger partial charge on any atom is -0.493 e. The first-order valence-electron chi connectivity index (χ1n) is 10.5. The topological polar surface area (TPSA) is 82.1 Å². The number of imide groups is 1. The summed E-state index contributed by atoms with van der Waals surface area (Å²) in [5.41, 5.74) is 2.11. The molecule has 0 spiro atoms. The molecule has 9 heteroatoms. The Kier molecular flexibility index (Phi) is 8.09. The molecule has 0 atom stereocenters. The Morgan fingerprint density at radius 1 is 1.12 bits per heavy atom. The van der Waals surface area contributed by atoms with Crippen LogP contribution >= 0.6 is 27.7 Å². The van der Waals surface area contributed by atoms with Crippen LogP contribution in [0.3, 0.4) is 0 Å². The molecule has 1 fully saturated rings. The lowest BCUT2D eigenvalue weighted by Gasteiger charge is -2.21. The van der Waals surface area contributed by atoms with Crippen molar-refractivity contribution in [1.29, 1.82) is 0 Å². The van der Waals surface area contributed by atoms with E-state index in [-0.39, 0.29) is 4.91 Å². The second-order valence-corrected chi connectivity index (χ2v) is 10.5. The number of methoxy groups -OCH3 is 1. The highest BCUT2D eigenvalue weighted by atomic mass is 79.9. The van der Waals surface area contributed by atoms with Crippen LogP contribution in [0.25, 0.3) is 6.08 Å². The fraction of sp³-hybridized carbons (Fsp3) is 0.320. The SMILES string of the molecule is COc1cc(C=C2SC(=O)N(CC(=O)OC(C)(C)C)C2=O)c(Br)cc1OCc1ccc(C)cc1. The molecule has 2 amide bonds. The lowest BCUT2D eigenvalue weighted by Crippen LogP contribution is -2.37. The molecule has 1 aliphatic heterocycles. The molecule has 0 aromatic heterocycles. The zero-order valence-corrected chi connectivity index (χ0v) is 22.0. The minimum absolute atomic E-state index is 0.199. The van der Waals surface area contributed by atoms with Gasteiger partial charge in [0, 0.05) is 4.47 Å². The van der Waals surface area contributed by atoms with Gasteiger partial charge in [-0.15, -0.1) is 0 Å². The van der Waals surface area contributed by atoms with Crippen LogP contribution < -0.4 is 9.47 Å². The summed E-state index contributed by atoms with van der Waals surface area (Å²) in [6.45, 7) is 7.12. The van der Waals surface area contributed by atoms with Gasteiger partial charge in [-0.3, -0.25) is 19.3 Å². The Hall–Kier alpha value is -2.78. The maximum absolute atomic E-state index is 12.8. The van der Waals surface area contributed by atoms with E-state index in [0.29, 0.717) is 28.1 Å². The Morgan fingerprint density at radius 2 is 1.79 bits per heavy atom. The van der Waals surface area contributed by atoms with Gasteiger partial charge in [-0.2, -0.15) is 0 Å². The second-order valence-electron chi connectivity index (χ2n) is 8.65. The van der Waals surface area contributed by atoms with Gasteiger partial charge in [0.2, 0.25) is 0 Å². The number of aryl methyl sites for hydroxylation is 1. The van der Waals surface area contributed by atoms with E-state index in [1.165, 1.54) is 12.7 Å². The summed E-state index contributed by atoms with van der Waals surface area (Å²) in [5, 5.41) is -0.525. The molecule has 0 unspecified atom stereocenters. The number of rotatable bonds is 7. The first-order valence-corrected chi connectivity index (χ1v) is 12.1. The van der Waals surface area contributed by atoms with E-state index in [1.807, 2.05) is 31.2 Å². The Labute approximate surface area is 211 Å². The summed E-state index contributed by atoms with van der Waals surface area (Å²) < 4.78 is 17.3. The highest BCUT2D eigenvalue weighted by molar-refractivity contribution is 9.10. The monoisotopic (exact) mass is 547 g/mol. The fourth-order valence-electron chi connectivity index (χ4n) is 3.06. The van der Waals surface area contributed by atoms with Crippen LogP contribution in [0.5, 0.6) is 11.5 Å². The maximum Gasteiger partial charge on any atom is 0.326 e. The molecule has 0 radical (unpaired) electrons. The molecule has 3 rings (SSSR count). The number of carbonyl (C=O) groups excluding carboxylic acids is 3. The van der Waals surface area contributed by atoms with Crippen LogP contribution in [-0.2, 0) is 20.9 Å². The lowest BCUT2D eigenvalue weighted by atomic mass is 10.1. The Bertz CT molecular complexity index is 1140. The van der Waals surface area contributed by atoms with Crippen molar-refractivity contribution < 1.29 is 28.6 Å². The van der Waals surface area contributed by atoms with E-state index in [1.54, 1.807) is 39.0 Å². The first-order chi connectivity index (χ1) is 16.0. The van der Waals surface area contributed by atoms with Crippen molar-refractivity contribution >= 4 is 50.9 Å². The third-order valence-corrected chi connectivity index (χ3v) is 6.26. The molecule has 180 valence electrons. The van der Waals surface area contributed by atoms with Crippen molar-refractivity contribution in [2.75, 3.05) is 13.7 Å². The van der Waals surface area contributed by atoms with Crippen LogP contribution in [0.2, 0.25) is 0 Å². The summed E-state index contributed by atoms with van der Waals surface area (Å²) in [7, 11) is 1.53. The van der Waals surface area contributed by atoms with Crippen LogP contribution in [-0.4, -0.2) is 41.3 Å². The van der Waals surface area contributed by atoms with Crippen LogP contribution in [0.15, 0.2) is 45.8 Å². The van der Waals surface area contributed by atoms with Crippen LogP contribution in [0, 0.1) is 6.92 Å². The molecule has 0 N–H and O–H groups in total. The van der Waals surface area contributed by atoms with Gasteiger partial charge in [0.1, 0.15) is 18.8 Å². The summed E-state index contributed by atoms with van der Waals surface area (Å²) in [5.74, 6) is -0.180. The van der Waals surface area contributed by atoms with Crippen molar-refractivity contribution in [2.24, 2.45) is 0 Å². The standard InChI is InChI=1S/C25H26BrNO6S/c1-15-6-8-16(9-7-15)14-32-20-12-18(26)17(10-19(20)31-5)11-21-23(29)27(24(30)34-21)13-22(28)33-25(2,3)4/h6-12H,13-14H2,1-5H3. The molecule has 34 heavy (non-hydrogen) atoms. The van der Waals surface area contributed by atoms with Gasteiger partial charge in [0.05, 0.1) is 12.0 Å². The minimum atomic E-state index is -0.709. The number of amides is 2. The second kappa shape index (κ2) is 10.7. The molecular formula is C25H26BrNO6S. The van der Waals surface area contributed by atoms with Crippen LogP contribution in [0.4, 0.5) is 4.79 Å². The van der Waals surface area contributed by atoms with Crippen molar-refractivity contribution in [3.63, 3.8) is 0 Å². The molecule has 1 aliphatic rings. The maximum atomic E-state index is 12.8. The smallest absolute Gasteiger partial charge is 0.326 e. The highest BCUT2D eigenvalue weighted by Crippen LogP contribution is 2.38. The number of hydrogen-bond donors (Lipinski definition) is 0. The normalized spacial score (nSPS) is 15.1. The van der Waals surface area contributed by atoms with E-state index in [4.69, 9.17) is 14.2 Å². The van der Waals surface area contributed by atoms with Crippen molar-refractivity contribution in [2.45, 2.75) is 39.9 Å². The molecule has 2 aromatic carbocycles. The number of carbonyl (C=O) groups is 3. The number of benzene rings is 2. The number of esters is 1. The molecule has 1 heterocycles. The molecule has 1 saturated heterocycles. The third-order valence-electron chi connectivity index (χ3n) is 4.67. The molecule has 0 aliphatic carbocycles. The Morgan fingerprint density at radius 3 is 2.41 bits per heavy atom. The highest BCUT2D eigenvalue weighted by Gasteiger charge is 2.37. The van der Waals surface area contributed by atoms with Gasteiger partial charge in [0.15, 0.2) is 11.5 Å². The predicted molar refractivity (Wildman–Crippen MR) is 135 cm³/mol. The lowest BCUT2D eigenvalue weighted by molar-refractivity contribution is -0.156. The summed E-state index contributed by atoms with van der Waals surface area (Å²) in [4.78, 5) is 38.3. The molecule has 7 nitrogen and oxygen atoms in total. The Balaban J connectivity index is 1.77. The number of thioether (sulfide) groups is 1. The zero-order valence-electron chi connectivity index (χ0n) is 19.6. The van der Waals surface area contributed by atoms with Gasteiger partial charge in [-0.05, 0) is 68.8 Å². The number of nitrogens with zero attached hydrogens (tertiary/aromatic N) is 1. The third kappa shape index (κ3) is 6.64. The zero-order chi connectivity index (χ0) is 25.0. The van der Waals surface area contributed by atoms with E-state index in [9.17, 15) is 14.4 Å². The quantitative estimate of drug-likeness (QED) is 0.323. The molecule has 0 bridgehead atoms. The largest absolute Gasteiger partial charge is 0.493 e. The number of hydrogen-bond acceptors (Lipinski definition) is 7. The van der Waals surface area contributed by atoms with Gasteiger partial charge < -0.3 is 14.2 Å². The van der Waals surface area contributed by atoms with Crippen molar-refractivity contribution in [1.82, 2.24) is 4.90 Å². The average molecular weight is 548 g/mol. The van der Waals surface area contributed by atoms with Crippen molar-refractivity contribution in [3.05, 3.63) is 62.5 Å². The number of ether oxygens (including phenoxy) is 3. The summed E-state index contributed by atoms with van der Waals surface area (Å²) in [6.07, 6.45) is 1.58. The molecule has 0 saturated carbocycles. The van der Waals surface area contributed by atoms with Gasteiger partial charge >= 0.3 is 5.97 Å². The van der Waals surface area contributed by atoms with E-state index < -0.39 is 29.3 Å². The van der Waals surface area contributed by atoms with Gasteiger partial charge in [0.25, 0.3) is 11.1 Å². The molecule has 2 aromatic rings. The van der Waals surface area contributed by atoms with Gasteiger partial charge in [-0.25, -0.2) is 0 Å². The van der Waals surface area contributed by atoms with Crippen molar-refractivity contribution in [3.8, 4) is 11.5 Å². The van der Waals surface area contributed by atoms with Crippen LogP contribution in [0.1, 0.15) is 37.5 Å². The predicted octanol–water partition coefficient (Wildman–Crippen LogP) is 5.72. The fourth-order valence-corrected chi connectivity index (χ4v) is 4.33. The first kappa shape index (κ1) is 25.8. The van der Waals surface area contributed by atoms with E-state index >= 15 is 0 Å². The van der Waals surface area contributed by atoms with Gasteiger partial charge in [-0.1, -0.05) is 45.8 Å². The summed E-state index contributed by atoms with van der Waals surface area (Å²) >= 11 is 4.27. The number of halogens is 1.